The molecule has 0 atom stereocenters. The van der Waals surface area contributed by atoms with Gasteiger partial charge in [0.15, 0.2) is 0 Å². The summed E-state index contributed by atoms with van der Waals surface area (Å²) in [5, 5.41) is 0. The minimum Gasteiger partial charge on any atom is -0.345 e. The number of nitrogens with zero attached hydrogens (tertiary/aromatic N) is 2. The van der Waals surface area contributed by atoms with E-state index >= 15 is 0 Å². The van der Waals surface area contributed by atoms with E-state index in [1.165, 1.54) is 0 Å². The lowest BCUT2D eigenvalue weighted by atomic mass is 10.1. The minimum absolute atomic E-state index is 0.0648. The van der Waals surface area contributed by atoms with Crippen molar-refractivity contribution in [1.82, 2.24) is 14.9 Å². The average molecular weight is 231 g/mol. The minimum atomic E-state index is 0.0648. The first kappa shape index (κ1) is 11.6. The smallest absolute Gasteiger partial charge is 0.253 e. The van der Waals surface area contributed by atoms with Crippen molar-refractivity contribution < 1.29 is 4.79 Å². The van der Waals surface area contributed by atoms with Crippen LogP contribution in [-0.4, -0.2) is 34.4 Å². The highest BCUT2D eigenvalue weighted by molar-refractivity contribution is 5.97. The third-order valence-electron chi connectivity index (χ3n) is 2.86. The van der Waals surface area contributed by atoms with Gasteiger partial charge in [-0.05, 0) is 24.6 Å². The molecule has 1 N–H and O–H groups in total. The largest absolute Gasteiger partial charge is 0.345 e. The van der Waals surface area contributed by atoms with Crippen molar-refractivity contribution in [2.45, 2.75) is 19.8 Å². The third-order valence-corrected chi connectivity index (χ3v) is 2.86. The Bertz CT molecular complexity index is 518. The van der Waals surface area contributed by atoms with Crippen LogP contribution in [0.25, 0.3) is 11.0 Å². The van der Waals surface area contributed by atoms with Gasteiger partial charge in [-0.3, -0.25) is 4.79 Å². The van der Waals surface area contributed by atoms with Gasteiger partial charge >= 0.3 is 0 Å². The van der Waals surface area contributed by atoms with Gasteiger partial charge in [-0.15, -0.1) is 0 Å². The van der Waals surface area contributed by atoms with E-state index in [4.69, 9.17) is 0 Å². The van der Waals surface area contributed by atoms with Gasteiger partial charge < -0.3 is 9.88 Å². The molecule has 0 unspecified atom stereocenters. The molecule has 0 bridgehead atoms. The Morgan fingerprint density at radius 2 is 2.29 bits per heavy atom. The van der Waals surface area contributed by atoms with Gasteiger partial charge in [0.25, 0.3) is 5.91 Å². The normalized spacial score (nSPS) is 10.7. The van der Waals surface area contributed by atoms with Gasteiger partial charge in [0.1, 0.15) is 0 Å². The molecule has 2 aromatic rings. The molecule has 1 amide bonds. The van der Waals surface area contributed by atoms with Crippen LogP contribution in [0, 0.1) is 0 Å². The summed E-state index contributed by atoms with van der Waals surface area (Å²) in [6, 6.07) is 5.55. The van der Waals surface area contributed by atoms with E-state index in [0.717, 1.165) is 30.4 Å². The first-order valence-electron chi connectivity index (χ1n) is 5.91. The van der Waals surface area contributed by atoms with Crippen LogP contribution in [0.2, 0.25) is 0 Å². The van der Waals surface area contributed by atoms with Crippen molar-refractivity contribution in [3.63, 3.8) is 0 Å². The number of imidazole rings is 1. The number of unbranched alkanes of at least 4 members (excludes halogenated alkanes) is 1. The number of aromatic amines is 1. The molecule has 0 saturated heterocycles. The lowest BCUT2D eigenvalue weighted by Crippen LogP contribution is -2.27. The Balaban J connectivity index is 2.17. The molecule has 4 heteroatoms. The highest BCUT2D eigenvalue weighted by Crippen LogP contribution is 2.13. The van der Waals surface area contributed by atoms with Crippen molar-refractivity contribution >= 4 is 16.9 Å². The number of carbonyl (C=O) groups is 1. The van der Waals surface area contributed by atoms with E-state index in [-0.39, 0.29) is 5.91 Å². The number of H-pyrrole nitrogens is 1. The second-order valence-electron chi connectivity index (χ2n) is 4.21. The summed E-state index contributed by atoms with van der Waals surface area (Å²) in [4.78, 5) is 21.0. The van der Waals surface area contributed by atoms with E-state index in [9.17, 15) is 4.79 Å². The fourth-order valence-electron chi connectivity index (χ4n) is 1.79. The van der Waals surface area contributed by atoms with E-state index in [1.807, 2.05) is 25.2 Å². The number of benzene rings is 1. The summed E-state index contributed by atoms with van der Waals surface area (Å²) in [7, 11) is 1.84. The Labute approximate surface area is 101 Å². The number of fused-ring (bicyclic) bond motifs is 1. The Morgan fingerprint density at radius 3 is 3.06 bits per heavy atom. The predicted octanol–water partition coefficient (Wildman–Crippen LogP) is 2.43. The molecule has 1 aromatic heterocycles. The van der Waals surface area contributed by atoms with Crippen LogP contribution in [0.4, 0.5) is 0 Å². The monoisotopic (exact) mass is 231 g/mol. The number of aromatic nitrogens is 2. The second kappa shape index (κ2) is 4.99. The van der Waals surface area contributed by atoms with E-state index < -0.39 is 0 Å². The zero-order valence-corrected chi connectivity index (χ0v) is 10.2. The molecule has 1 aromatic carbocycles. The summed E-state index contributed by atoms with van der Waals surface area (Å²) >= 11 is 0. The Hall–Kier alpha value is -1.84. The lowest BCUT2D eigenvalue weighted by Gasteiger charge is -2.16. The quantitative estimate of drug-likeness (QED) is 0.878. The molecule has 1 heterocycles. The SMILES string of the molecule is CCCCN(C)C(=O)c1ccc2nc[nH]c2c1. The van der Waals surface area contributed by atoms with Gasteiger partial charge in [0, 0.05) is 19.2 Å². The maximum absolute atomic E-state index is 12.1. The molecule has 0 fully saturated rings. The summed E-state index contributed by atoms with van der Waals surface area (Å²) in [5.41, 5.74) is 2.50. The van der Waals surface area contributed by atoms with Crippen LogP contribution in [0.1, 0.15) is 30.1 Å². The third kappa shape index (κ3) is 2.46. The van der Waals surface area contributed by atoms with E-state index in [0.29, 0.717) is 5.56 Å². The van der Waals surface area contributed by atoms with Crippen LogP contribution in [0.15, 0.2) is 24.5 Å². The van der Waals surface area contributed by atoms with E-state index in [2.05, 4.69) is 16.9 Å². The Morgan fingerprint density at radius 1 is 1.47 bits per heavy atom. The standard InChI is InChI=1S/C13H17N3O/c1-3-4-7-16(2)13(17)10-5-6-11-12(8-10)15-9-14-11/h5-6,8-9H,3-4,7H2,1-2H3,(H,14,15). The first-order chi connectivity index (χ1) is 8.22. The maximum atomic E-state index is 12.1. The summed E-state index contributed by atoms with van der Waals surface area (Å²) in [6.07, 6.45) is 3.77. The molecule has 0 aliphatic carbocycles. The number of carbonyl (C=O) groups excluding carboxylic acids is 1. The molecule has 17 heavy (non-hydrogen) atoms. The molecule has 4 nitrogen and oxygen atoms in total. The first-order valence-corrected chi connectivity index (χ1v) is 5.91. The van der Waals surface area contributed by atoms with Gasteiger partial charge in [-0.1, -0.05) is 13.3 Å². The molecule has 0 saturated carbocycles. The molecule has 90 valence electrons. The summed E-state index contributed by atoms with van der Waals surface area (Å²) < 4.78 is 0. The van der Waals surface area contributed by atoms with Crippen LogP contribution in [0.3, 0.4) is 0 Å². The number of nitrogens with one attached hydrogen (secondary N) is 1. The van der Waals surface area contributed by atoms with Gasteiger partial charge in [0.2, 0.25) is 0 Å². The number of amides is 1. The molecule has 0 aliphatic rings. The topological polar surface area (TPSA) is 49.0 Å². The average Bonchev–Trinajstić information content (AvgIpc) is 2.81. The molecule has 2 rings (SSSR count). The van der Waals surface area contributed by atoms with Crippen LogP contribution >= 0.6 is 0 Å². The van der Waals surface area contributed by atoms with Crippen LogP contribution in [-0.2, 0) is 0 Å². The van der Waals surface area contributed by atoms with Gasteiger partial charge in [-0.25, -0.2) is 4.98 Å². The second-order valence-corrected chi connectivity index (χ2v) is 4.21. The van der Waals surface area contributed by atoms with Crippen molar-refractivity contribution in [3.05, 3.63) is 30.1 Å². The molecule has 0 aliphatic heterocycles. The molecule has 0 radical (unpaired) electrons. The summed E-state index contributed by atoms with van der Waals surface area (Å²) in [5.74, 6) is 0.0648. The lowest BCUT2D eigenvalue weighted by molar-refractivity contribution is 0.0793. The summed E-state index contributed by atoms with van der Waals surface area (Å²) in [6.45, 7) is 2.92. The highest BCUT2D eigenvalue weighted by Gasteiger charge is 2.11. The van der Waals surface area contributed by atoms with Crippen LogP contribution < -0.4 is 0 Å². The molecular weight excluding hydrogens is 214 g/mol. The van der Waals surface area contributed by atoms with Crippen molar-refractivity contribution in [3.8, 4) is 0 Å². The number of rotatable bonds is 4. The molecule has 0 spiro atoms. The van der Waals surface area contributed by atoms with Gasteiger partial charge in [0.05, 0.1) is 17.4 Å². The number of hydrogen-bond donors (Lipinski definition) is 1. The zero-order chi connectivity index (χ0) is 12.3. The van der Waals surface area contributed by atoms with Gasteiger partial charge in [-0.2, -0.15) is 0 Å². The zero-order valence-electron chi connectivity index (χ0n) is 10.2. The predicted molar refractivity (Wildman–Crippen MR) is 68.0 cm³/mol. The Kier molecular flexibility index (Phi) is 3.42. The van der Waals surface area contributed by atoms with Crippen LogP contribution in [0.5, 0.6) is 0 Å². The fourth-order valence-corrected chi connectivity index (χ4v) is 1.79. The van der Waals surface area contributed by atoms with E-state index in [1.54, 1.807) is 11.2 Å². The number of hydrogen-bond acceptors (Lipinski definition) is 2. The van der Waals surface area contributed by atoms with Crippen molar-refractivity contribution in [2.24, 2.45) is 0 Å². The maximum Gasteiger partial charge on any atom is 0.253 e. The van der Waals surface area contributed by atoms with Crippen molar-refractivity contribution in [1.29, 1.82) is 0 Å². The van der Waals surface area contributed by atoms with Crippen molar-refractivity contribution in [2.75, 3.05) is 13.6 Å². The fraction of sp³-hybridized carbons (Fsp3) is 0.385. The molecular formula is C13H17N3O. The highest BCUT2D eigenvalue weighted by atomic mass is 16.2.